The van der Waals surface area contributed by atoms with Gasteiger partial charge >= 0.3 is 5.97 Å². The number of carbonyl (C=O) groups is 11. The molecule has 0 saturated carbocycles. The molecule has 0 bridgehead atoms. The number of aliphatic carboxylic acids is 1. The minimum absolute atomic E-state index is 0.00441. The summed E-state index contributed by atoms with van der Waals surface area (Å²) in [5.74, 6) is -11.4. The first-order valence-corrected chi connectivity index (χ1v) is 34.6. The van der Waals surface area contributed by atoms with Crippen molar-refractivity contribution >= 4 is 71.0 Å². The van der Waals surface area contributed by atoms with Gasteiger partial charge in [-0.1, -0.05) is 118 Å². The highest BCUT2D eigenvalue weighted by Crippen LogP contribution is 2.18. The van der Waals surface area contributed by atoms with Crippen LogP contribution < -0.4 is 81.8 Å². The lowest BCUT2D eigenvalue weighted by Crippen LogP contribution is -2.62. The molecule has 2 aromatic carbocycles. The number of hydrogen-bond acceptors (Lipinski definition) is 17. The molecular formula is C69H116N16O14. The number of hydrogen-bond donors (Lipinski definition) is 18. The van der Waals surface area contributed by atoms with E-state index in [9.17, 15) is 68.1 Å². The van der Waals surface area contributed by atoms with Gasteiger partial charge in [-0.25, -0.2) is 4.79 Å². The number of carboxylic acid groups (broad SMARTS) is 1. The zero-order chi connectivity index (χ0) is 74.6. The van der Waals surface area contributed by atoms with Gasteiger partial charge in [-0.2, -0.15) is 0 Å². The number of nitrogens with one attached hydrogen (secondary N) is 10. The molecule has 556 valence electrons. The van der Waals surface area contributed by atoms with Crippen molar-refractivity contribution < 1.29 is 68.1 Å². The molecule has 2 aromatic rings. The van der Waals surface area contributed by atoms with Crippen LogP contribution in [0.3, 0.4) is 0 Å². The third kappa shape index (κ3) is 32.8. The van der Waals surface area contributed by atoms with E-state index < -0.39 is 149 Å². The Hall–Kier alpha value is -8.48. The summed E-state index contributed by atoms with van der Waals surface area (Å²) < 4.78 is 0. The Morgan fingerprint density at radius 3 is 1.26 bits per heavy atom. The molecule has 0 aromatic heterocycles. The largest absolute Gasteiger partial charge is 0.508 e. The van der Waals surface area contributed by atoms with Crippen LogP contribution in [-0.4, -0.2) is 179 Å². The number of nitrogens with two attached hydrogens (primary N) is 5. The third-order valence-corrected chi connectivity index (χ3v) is 16.5. The van der Waals surface area contributed by atoms with Crippen LogP contribution >= 0.6 is 0 Å². The summed E-state index contributed by atoms with van der Waals surface area (Å²) in [7, 11) is 0. The molecule has 0 saturated heterocycles. The van der Waals surface area contributed by atoms with Crippen LogP contribution in [0.5, 0.6) is 5.75 Å². The molecule has 0 spiro atoms. The van der Waals surface area contributed by atoms with E-state index in [0.29, 0.717) is 37.7 Å². The number of guanidine groups is 1. The monoisotopic (exact) mass is 1390 g/mol. The SMILES string of the molecule is CC[C@H](C)[C@H](NC(=O)[C@H](CC(C)C)NC(=O)[C@H](CCCCN)NC(=O)[C@H](CCCN=C(N)N)NC(=O)[C@@H](N)Cc1ccccc1)C(=O)N[C@@H](Cc1ccc(O)cc1)C(=O)N[C@@H](CC(C)C)C(=O)N[C@H](C(=O)N[C@@H](CCCCN)C(=O)N[C@H](C(=O)N[C@@H](CC(C)C)C(=O)O)C(C)C)[C@@H](C)O. The third-order valence-electron chi connectivity index (χ3n) is 16.5. The molecule has 30 heteroatoms. The summed E-state index contributed by atoms with van der Waals surface area (Å²) in [5.41, 5.74) is 30.2. The topological polar surface area (TPSA) is 511 Å². The lowest BCUT2D eigenvalue weighted by atomic mass is 9.95. The van der Waals surface area contributed by atoms with Gasteiger partial charge in [0.2, 0.25) is 59.1 Å². The molecule has 0 unspecified atom stereocenters. The van der Waals surface area contributed by atoms with Gasteiger partial charge in [0.15, 0.2) is 5.96 Å². The Balaban J connectivity index is 2.55. The van der Waals surface area contributed by atoms with Crippen LogP contribution in [0.15, 0.2) is 59.6 Å². The number of nitrogens with zero attached hydrogens (tertiary/aromatic N) is 1. The number of carbonyl (C=O) groups excluding carboxylic acids is 10. The highest BCUT2D eigenvalue weighted by atomic mass is 16.4. The van der Waals surface area contributed by atoms with Gasteiger partial charge in [-0.3, -0.25) is 52.9 Å². The number of carboxylic acids is 1. The second-order valence-corrected chi connectivity index (χ2v) is 27.2. The lowest BCUT2D eigenvalue weighted by molar-refractivity contribution is -0.143. The molecule has 30 nitrogen and oxygen atoms in total. The van der Waals surface area contributed by atoms with E-state index in [2.05, 4.69) is 58.2 Å². The van der Waals surface area contributed by atoms with E-state index in [4.69, 9.17) is 28.7 Å². The predicted octanol–water partition coefficient (Wildman–Crippen LogP) is -0.0299. The maximum Gasteiger partial charge on any atom is 0.326 e. The van der Waals surface area contributed by atoms with Gasteiger partial charge in [0, 0.05) is 13.0 Å². The second kappa shape index (κ2) is 45.2. The van der Waals surface area contributed by atoms with Crippen LogP contribution in [0.2, 0.25) is 0 Å². The zero-order valence-corrected chi connectivity index (χ0v) is 59.7. The van der Waals surface area contributed by atoms with Crippen molar-refractivity contribution in [3.8, 4) is 5.75 Å². The maximum absolute atomic E-state index is 14.8. The van der Waals surface area contributed by atoms with Crippen molar-refractivity contribution in [2.45, 2.75) is 239 Å². The molecule has 0 aliphatic rings. The molecule has 0 radical (unpaired) electrons. The first kappa shape index (κ1) is 86.6. The van der Waals surface area contributed by atoms with Crippen molar-refractivity contribution in [3.05, 3.63) is 65.7 Å². The molecule has 2 rings (SSSR count). The van der Waals surface area contributed by atoms with Crippen molar-refractivity contribution in [3.63, 3.8) is 0 Å². The normalized spacial score (nSPS) is 15.3. The first-order valence-electron chi connectivity index (χ1n) is 34.6. The van der Waals surface area contributed by atoms with Crippen molar-refractivity contribution in [2.24, 2.45) is 63.3 Å². The Labute approximate surface area is 583 Å². The van der Waals surface area contributed by atoms with Crippen LogP contribution in [0.1, 0.15) is 164 Å². The van der Waals surface area contributed by atoms with E-state index in [0.717, 1.165) is 5.56 Å². The van der Waals surface area contributed by atoms with E-state index in [1.54, 1.807) is 67.5 Å². The Morgan fingerprint density at radius 1 is 0.434 bits per heavy atom. The second-order valence-electron chi connectivity index (χ2n) is 27.2. The van der Waals surface area contributed by atoms with Crippen molar-refractivity contribution in [2.75, 3.05) is 19.6 Å². The molecule has 13 atom stereocenters. The van der Waals surface area contributed by atoms with Gasteiger partial charge in [0.25, 0.3) is 0 Å². The van der Waals surface area contributed by atoms with Gasteiger partial charge in [-0.05, 0) is 150 Å². The van der Waals surface area contributed by atoms with Crippen LogP contribution in [0.25, 0.3) is 0 Å². The number of phenolic OH excluding ortho intramolecular Hbond substituents is 1. The summed E-state index contributed by atoms with van der Waals surface area (Å²) in [6.07, 6.45) is 0.781. The summed E-state index contributed by atoms with van der Waals surface area (Å²) in [5, 5.41) is 57.9. The van der Waals surface area contributed by atoms with Crippen LogP contribution in [0, 0.1) is 29.6 Å². The molecule has 0 aliphatic carbocycles. The lowest BCUT2D eigenvalue weighted by Gasteiger charge is -2.31. The maximum atomic E-state index is 14.8. The number of aliphatic imine (C=N–C) groups is 1. The van der Waals surface area contributed by atoms with Crippen molar-refractivity contribution in [1.29, 1.82) is 0 Å². The van der Waals surface area contributed by atoms with E-state index in [-0.39, 0.29) is 107 Å². The van der Waals surface area contributed by atoms with Gasteiger partial charge in [0.1, 0.15) is 66.2 Å². The smallest absolute Gasteiger partial charge is 0.326 e. The number of unbranched alkanes of at least 4 members (excludes halogenated alkanes) is 2. The minimum Gasteiger partial charge on any atom is -0.508 e. The van der Waals surface area contributed by atoms with E-state index in [1.165, 1.54) is 31.2 Å². The number of aliphatic hydroxyl groups is 1. The minimum atomic E-state index is -1.73. The molecule has 0 heterocycles. The number of aliphatic hydroxyl groups excluding tert-OH is 1. The summed E-state index contributed by atoms with van der Waals surface area (Å²) in [6.45, 7) is 19.4. The fourth-order valence-electron chi connectivity index (χ4n) is 10.7. The molecular weight excluding hydrogens is 1280 g/mol. The average molecular weight is 1390 g/mol. The standard InChI is InChI=1S/C69H116N16O14/c1-12-42(10)56(84-63(93)51(33-38(2)3)79-60(90)48(23-16-18-30-70)77-59(89)50(25-20-32-75-69(73)74)76-58(88)47(72)36-44-21-14-13-15-22-44)66(96)81-53(37-45-26-28-46(87)29-27-45)62(92)80-52(34-39(4)5)64(94)85-57(43(11)86)67(97)78-49(24-17-19-31-71)61(91)83-55(41(8)9)65(95)82-54(68(98)99)35-40(6)7/h13-15,21-22,26-29,38-43,47-57,86-87H,12,16-20,23-25,30-37,70-72H2,1-11H3,(H,76,88)(H,77,89)(H,78,97)(H,79,90)(H,80,92)(H,81,96)(H,82,95)(H,83,91)(H,84,93)(H,85,94)(H,98,99)(H4,73,74,75)/t42-,43+,47-,48-,49-,50-,51-,52-,53-,54-,55-,56-,57-/m0/s1. The van der Waals surface area contributed by atoms with Gasteiger partial charge in [0.05, 0.1) is 12.1 Å². The van der Waals surface area contributed by atoms with Crippen LogP contribution in [-0.2, 0) is 65.6 Å². The number of phenols is 1. The predicted molar refractivity (Wildman–Crippen MR) is 377 cm³/mol. The fourth-order valence-corrected chi connectivity index (χ4v) is 10.7. The van der Waals surface area contributed by atoms with E-state index >= 15 is 0 Å². The highest BCUT2D eigenvalue weighted by molar-refractivity contribution is 5.99. The fraction of sp³-hybridized carbons (Fsp3) is 0.652. The number of benzene rings is 2. The number of aromatic hydroxyl groups is 1. The Bertz CT molecular complexity index is 2910. The van der Waals surface area contributed by atoms with Gasteiger partial charge < -0.3 is 97.2 Å². The quantitative estimate of drug-likeness (QED) is 0.0235. The highest BCUT2D eigenvalue weighted by Gasteiger charge is 2.39. The molecule has 99 heavy (non-hydrogen) atoms. The number of amides is 10. The summed E-state index contributed by atoms with van der Waals surface area (Å²) in [4.78, 5) is 159. The molecule has 23 N–H and O–H groups in total. The Kier molecular flexibility index (Phi) is 39.6. The average Bonchev–Trinajstić information content (AvgIpc) is 0.855. The molecule has 10 amide bonds. The number of rotatable bonds is 47. The summed E-state index contributed by atoms with van der Waals surface area (Å²) >= 11 is 0. The Morgan fingerprint density at radius 2 is 0.808 bits per heavy atom. The zero-order valence-electron chi connectivity index (χ0n) is 59.7. The van der Waals surface area contributed by atoms with E-state index in [1.807, 2.05) is 32.0 Å². The molecule has 0 fully saturated rings. The van der Waals surface area contributed by atoms with Crippen molar-refractivity contribution in [1.82, 2.24) is 53.2 Å². The summed E-state index contributed by atoms with van der Waals surface area (Å²) in [6, 6.07) is 0.222. The first-order chi connectivity index (χ1) is 46.6. The van der Waals surface area contributed by atoms with Crippen LogP contribution in [0.4, 0.5) is 0 Å². The van der Waals surface area contributed by atoms with Gasteiger partial charge in [-0.15, -0.1) is 0 Å². The molecule has 0 aliphatic heterocycles.